The topological polar surface area (TPSA) is 86.8 Å². The standard InChI is InChI=1S/C26H31N3O4S/c1-4-23(26(31)27-2)28(18-17-20-11-6-5-7-12-20)25(30)19-29(34(3,32)33)24-16-10-14-21-13-8-9-15-22(21)24/h5-16,23H,4,17-19H2,1-3H3,(H,27,31)/t23-/m0/s1. The number of nitrogens with zero attached hydrogens (tertiary/aromatic N) is 2. The number of carbonyl (C=O) groups is 2. The molecule has 0 fully saturated rings. The first-order chi connectivity index (χ1) is 16.3. The number of fused-ring (bicyclic) bond motifs is 1. The lowest BCUT2D eigenvalue weighted by molar-refractivity contribution is -0.139. The summed E-state index contributed by atoms with van der Waals surface area (Å²) in [5.74, 6) is -0.704. The highest BCUT2D eigenvalue weighted by Crippen LogP contribution is 2.28. The summed E-state index contributed by atoms with van der Waals surface area (Å²) in [6.45, 7) is 1.73. The van der Waals surface area contributed by atoms with E-state index in [0.717, 1.165) is 26.9 Å². The summed E-state index contributed by atoms with van der Waals surface area (Å²) >= 11 is 0. The van der Waals surface area contributed by atoms with E-state index in [9.17, 15) is 18.0 Å². The molecule has 0 aliphatic rings. The van der Waals surface area contributed by atoms with Crippen molar-refractivity contribution in [1.82, 2.24) is 10.2 Å². The lowest BCUT2D eigenvalue weighted by atomic mass is 10.1. The Bertz CT molecular complexity index is 1240. The molecule has 0 spiro atoms. The minimum absolute atomic E-state index is 0.278. The summed E-state index contributed by atoms with van der Waals surface area (Å²) in [6.07, 6.45) is 2.05. The van der Waals surface area contributed by atoms with Gasteiger partial charge < -0.3 is 10.2 Å². The Hall–Kier alpha value is -3.39. The normalized spacial score (nSPS) is 12.2. The van der Waals surface area contributed by atoms with Crippen molar-refractivity contribution >= 4 is 38.3 Å². The van der Waals surface area contributed by atoms with Crippen LogP contribution < -0.4 is 9.62 Å². The molecule has 3 aromatic carbocycles. The van der Waals surface area contributed by atoms with E-state index in [1.54, 1.807) is 12.1 Å². The number of benzene rings is 3. The first-order valence-corrected chi connectivity index (χ1v) is 13.1. The molecule has 2 amide bonds. The van der Waals surface area contributed by atoms with E-state index in [0.29, 0.717) is 25.1 Å². The summed E-state index contributed by atoms with van der Waals surface area (Å²) in [5.41, 5.74) is 1.46. The number of rotatable bonds is 10. The maximum atomic E-state index is 13.6. The minimum atomic E-state index is -3.78. The van der Waals surface area contributed by atoms with Crippen molar-refractivity contribution in [2.75, 3.05) is 30.7 Å². The fraction of sp³-hybridized carbons (Fsp3) is 0.308. The Morgan fingerprint density at radius 3 is 2.24 bits per heavy atom. The fourth-order valence-corrected chi connectivity index (χ4v) is 4.94. The molecular formula is C26H31N3O4S. The van der Waals surface area contributed by atoms with Gasteiger partial charge in [0.2, 0.25) is 21.8 Å². The maximum absolute atomic E-state index is 13.6. The molecule has 0 saturated heterocycles. The number of hydrogen-bond donors (Lipinski definition) is 1. The van der Waals surface area contributed by atoms with Crippen molar-refractivity contribution in [3.63, 3.8) is 0 Å². The molecule has 34 heavy (non-hydrogen) atoms. The van der Waals surface area contributed by atoms with Crippen LogP contribution in [0.25, 0.3) is 10.8 Å². The zero-order chi connectivity index (χ0) is 24.7. The molecule has 3 aromatic rings. The minimum Gasteiger partial charge on any atom is -0.357 e. The molecule has 0 aromatic heterocycles. The van der Waals surface area contributed by atoms with Gasteiger partial charge in [-0.1, -0.05) is 73.7 Å². The molecule has 7 nitrogen and oxygen atoms in total. The van der Waals surface area contributed by atoms with E-state index >= 15 is 0 Å². The first kappa shape index (κ1) is 25.2. The molecule has 0 bridgehead atoms. The van der Waals surface area contributed by atoms with Crippen molar-refractivity contribution < 1.29 is 18.0 Å². The van der Waals surface area contributed by atoms with Gasteiger partial charge in [-0.05, 0) is 29.9 Å². The third-order valence-electron chi connectivity index (χ3n) is 5.83. The molecular weight excluding hydrogens is 450 g/mol. The van der Waals surface area contributed by atoms with Crippen LogP contribution in [0.5, 0.6) is 0 Å². The SMILES string of the molecule is CC[C@@H](C(=O)NC)N(CCc1ccccc1)C(=O)CN(c1cccc2ccccc12)S(C)(=O)=O. The maximum Gasteiger partial charge on any atom is 0.244 e. The number of hydrogen-bond acceptors (Lipinski definition) is 4. The summed E-state index contributed by atoms with van der Waals surface area (Å²) in [4.78, 5) is 27.7. The Labute approximate surface area is 201 Å². The number of anilines is 1. The molecule has 3 rings (SSSR count). The van der Waals surface area contributed by atoms with Crippen molar-refractivity contribution in [1.29, 1.82) is 0 Å². The molecule has 0 aliphatic carbocycles. The average Bonchev–Trinajstić information content (AvgIpc) is 2.84. The zero-order valence-corrected chi connectivity index (χ0v) is 20.6. The van der Waals surface area contributed by atoms with E-state index in [-0.39, 0.29) is 5.91 Å². The van der Waals surface area contributed by atoms with Crippen LogP contribution in [0, 0.1) is 0 Å². The van der Waals surface area contributed by atoms with Crippen LogP contribution in [0.4, 0.5) is 5.69 Å². The van der Waals surface area contributed by atoms with Crippen LogP contribution in [-0.4, -0.2) is 57.6 Å². The molecule has 0 saturated carbocycles. The summed E-state index contributed by atoms with van der Waals surface area (Å²) in [5, 5.41) is 4.23. The second-order valence-electron chi connectivity index (χ2n) is 8.13. The van der Waals surface area contributed by atoms with Gasteiger partial charge in [-0.15, -0.1) is 0 Å². The van der Waals surface area contributed by atoms with Crippen LogP contribution in [-0.2, 0) is 26.0 Å². The summed E-state index contributed by atoms with van der Waals surface area (Å²) < 4.78 is 26.8. The number of likely N-dealkylation sites (N-methyl/N-ethyl adjacent to an activating group) is 1. The van der Waals surface area contributed by atoms with Crippen molar-refractivity contribution in [3.8, 4) is 0 Å². The molecule has 1 atom stereocenters. The molecule has 0 heterocycles. The van der Waals surface area contributed by atoms with Crippen LogP contribution in [0.1, 0.15) is 18.9 Å². The third-order valence-corrected chi connectivity index (χ3v) is 6.96. The second-order valence-corrected chi connectivity index (χ2v) is 10.0. The molecule has 8 heteroatoms. The third kappa shape index (κ3) is 5.94. The predicted molar refractivity (Wildman–Crippen MR) is 136 cm³/mol. The lowest BCUT2D eigenvalue weighted by Gasteiger charge is -2.32. The van der Waals surface area contributed by atoms with Gasteiger partial charge in [-0.3, -0.25) is 13.9 Å². The van der Waals surface area contributed by atoms with E-state index in [2.05, 4.69) is 5.32 Å². The Balaban J connectivity index is 1.96. The van der Waals surface area contributed by atoms with Crippen molar-refractivity contribution in [2.24, 2.45) is 0 Å². The molecule has 0 aliphatic heterocycles. The summed E-state index contributed by atoms with van der Waals surface area (Å²) in [6, 6.07) is 21.8. The second kappa shape index (κ2) is 11.2. The highest BCUT2D eigenvalue weighted by molar-refractivity contribution is 7.92. The van der Waals surface area contributed by atoms with Gasteiger partial charge in [0.15, 0.2) is 0 Å². The van der Waals surface area contributed by atoms with Crippen LogP contribution in [0.15, 0.2) is 72.8 Å². The van der Waals surface area contributed by atoms with E-state index in [1.165, 1.54) is 11.9 Å². The van der Waals surface area contributed by atoms with Crippen LogP contribution in [0.3, 0.4) is 0 Å². The van der Waals surface area contributed by atoms with Crippen LogP contribution >= 0.6 is 0 Å². The van der Waals surface area contributed by atoms with Gasteiger partial charge in [0.25, 0.3) is 0 Å². The number of sulfonamides is 1. The Morgan fingerprint density at radius 2 is 1.59 bits per heavy atom. The van der Waals surface area contributed by atoms with Gasteiger partial charge in [-0.25, -0.2) is 8.42 Å². The quantitative estimate of drug-likeness (QED) is 0.482. The van der Waals surface area contributed by atoms with Gasteiger partial charge in [0, 0.05) is 19.0 Å². The largest absolute Gasteiger partial charge is 0.357 e. The van der Waals surface area contributed by atoms with Gasteiger partial charge in [0.1, 0.15) is 12.6 Å². The fourth-order valence-electron chi connectivity index (χ4n) is 4.08. The molecule has 0 radical (unpaired) electrons. The smallest absolute Gasteiger partial charge is 0.244 e. The Morgan fingerprint density at radius 1 is 0.941 bits per heavy atom. The monoisotopic (exact) mass is 481 g/mol. The van der Waals surface area contributed by atoms with Crippen molar-refractivity contribution in [2.45, 2.75) is 25.8 Å². The number of amides is 2. The van der Waals surface area contributed by atoms with E-state index in [1.807, 2.05) is 67.6 Å². The lowest BCUT2D eigenvalue weighted by Crippen LogP contribution is -2.52. The predicted octanol–water partition coefficient (Wildman–Crippen LogP) is 3.20. The highest BCUT2D eigenvalue weighted by atomic mass is 32.2. The number of nitrogens with one attached hydrogen (secondary N) is 1. The molecule has 0 unspecified atom stereocenters. The van der Waals surface area contributed by atoms with Gasteiger partial charge in [-0.2, -0.15) is 0 Å². The first-order valence-electron chi connectivity index (χ1n) is 11.3. The van der Waals surface area contributed by atoms with Crippen molar-refractivity contribution in [3.05, 3.63) is 78.4 Å². The van der Waals surface area contributed by atoms with Gasteiger partial charge >= 0.3 is 0 Å². The zero-order valence-electron chi connectivity index (χ0n) is 19.8. The summed E-state index contributed by atoms with van der Waals surface area (Å²) in [7, 11) is -2.25. The average molecular weight is 482 g/mol. The van der Waals surface area contributed by atoms with E-state index in [4.69, 9.17) is 0 Å². The molecule has 180 valence electrons. The van der Waals surface area contributed by atoms with E-state index < -0.39 is 28.5 Å². The van der Waals surface area contributed by atoms with Crippen LogP contribution in [0.2, 0.25) is 0 Å². The Kier molecular flexibility index (Phi) is 8.28. The van der Waals surface area contributed by atoms with Gasteiger partial charge in [0.05, 0.1) is 11.9 Å². The number of carbonyl (C=O) groups excluding carboxylic acids is 2. The highest BCUT2D eigenvalue weighted by Gasteiger charge is 2.31. The molecule has 1 N–H and O–H groups in total.